The highest BCUT2D eigenvalue weighted by Crippen LogP contribution is 2.12. The highest BCUT2D eigenvalue weighted by molar-refractivity contribution is 5.70. The van der Waals surface area contributed by atoms with Crippen molar-refractivity contribution in [2.45, 2.75) is 122 Å². The van der Waals surface area contributed by atoms with Gasteiger partial charge in [-0.15, -0.1) is 0 Å². The van der Waals surface area contributed by atoms with Crippen LogP contribution in [0.25, 0.3) is 0 Å². The van der Waals surface area contributed by atoms with Gasteiger partial charge in [-0.3, -0.25) is 9.59 Å². The van der Waals surface area contributed by atoms with E-state index in [1.54, 1.807) is 21.1 Å². The molecule has 242 valence electrons. The number of ether oxygens (including phenoxy) is 3. The summed E-state index contributed by atoms with van der Waals surface area (Å²) in [5, 5.41) is 11.4. The molecule has 2 unspecified atom stereocenters. The summed E-state index contributed by atoms with van der Waals surface area (Å²) in [6.07, 6.45) is 26.0. The fourth-order valence-corrected chi connectivity index (χ4v) is 4.30. The highest BCUT2D eigenvalue weighted by atomic mass is 16.6. The molecule has 0 saturated carbocycles. The van der Waals surface area contributed by atoms with Crippen LogP contribution in [0.4, 0.5) is 0 Å². The number of likely N-dealkylation sites (N-methyl/N-ethyl adjacent to an activating group) is 1. The lowest BCUT2D eigenvalue weighted by molar-refractivity contribution is -0.889. The molecule has 0 heterocycles. The van der Waals surface area contributed by atoms with Gasteiger partial charge in [0.2, 0.25) is 0 Å². The van der Waals surface area contributed by atoms with E-state index in [2.05, 4.69) is 43.4 Å². The molecule has 0 aromatic heterocycles. The molecule has 0 radical (unpaired) electrons. The maximum absolute atomic E-state index is 12.4. The van der Waals surface area contributed by atoms with Crippen LogP contribution in [-0.2, 0) is 28.6 Å². The first-order valence-electron chi connectivity index (χ1n) is 16.0. The minimum absolute atomic E-state index is 0.0323. The molecule has 0 aliphatic heterocycles. The summed E-state index contributed by atoms with van der Waals surface area (Å²) < 4.78 is 16.6. The van der Waals surface area contributed by atoms with E-state index in [0.29, 0.717) is 19.3 Å². The van der Waals surface area contributed by atoms with E-state index in [4.69, 9.17) is 14.2 Å². The van der Waals surface area contributed by atoms with Crippen LogP contribution in [0.5, 0.6) is 0 Å². The number of carboxylic acids is 1. The number of hydrogen-bond donors (Lipinski definition) is 0. The standard InChI is InChI=1S/C34H59NO7/c1-6-8-9-10-11-12-13-14-15-16-17-18-19-20-21-22-23-25-33(37)42-30(29-41-32(36)24-7-2)28-40-27-26-31(34(38)39)35(3,4)5/h8-9,11-12,14-15,30-31H,6-7,10,13,16-29H2,1-5H3/b9-8-,12-11-,15-14-. The molecular formula is C34H59NO7. The van der Waals surface area contributed by atoms with Crippen LogP contribution in [0.1, 0.15) is 110 Å². The third-order valence-electron chi connectivity index (χ3n) is 6.76. The third-order valence-corrected chi connectivity index (χ3v) is 6.76. The predicted molar refractivity (Wildman–Crippen MR) is 167 cm³/mol. The van der Waals surface area contributed by atoms with Gasteiger partial charge in [-0.05, 0) is 44.9 Å². The maximum Gasteiger partial charge on any atom is 0.306 e. The number of carbonyl (C=O) groups is 3. The molecule has 0 spiro atoms. The molecule has 0 aromatic rings. The summed E-state index contributed by atoms with van der Waals surface area (Å²) in [5.74, 6) is -1.82. The van der Waals surface area contributed by atoms with E-state index >= 15 is 0 Å². The molecule has 0 aromatic carbocycles. The Labute approximate surface area is 255 Å². The summed E-state index contributed by atoms with van der Waals surface area (Å²) in [6.45, 7) is 4.15. The Kier molecular flexibility index (Phi) is 24.7. The number of carboxylic acid groups (broad SMARTS) is 1. The third kappa shape index (κ3) is 24.2. The molecule has 42 heavy (non-hydrogen) atoms. The van der Waals surface area contributed by atoms with Crippen LogP contribution >= 0.6 is 0 Å². The van der Waals surface area contributed by atoms with Crippen molar-refractivity contribution >= 4 is 17.9 Å². The number of unbranched alkanes of at least 4 members (excludes halogenated alkanes) is 7. The highest BCUT2D eigenvalue weighted by Gasteiger charge is 2.25. The average molecular weight is 594 g/mol. The van der Waals surface area contributed by atoms with Crippen LogP contribution in [0.2, 0.25) is 0 Å². The molecule has 0 bridgehead atoms. The van der Waals surface area contributed by atoms with Crippen molar-refractivity contribution in [2.24, 2.45) is 0 Å². The smallest absolute Gasteiger partial charge is 0.306 e. The summed E-state index contributed by atoms with van der Waals surface area (Å²) in [5.41, 5.74) is 0. The topological polar surface area (TPSA) is 102 Å². The first-order valence-corrected chi connectivity index (χ1v) is 16.0. The van der Waals surface area contributed by atoms with Crippen LogP contribution in [0, 0.1) is 0 Å². The second kappa shape index (κ2) is 26.2. The maximum atomic E-state index is 12.4. The molecule has 0 aliphatic carbocycles. The van der Waals surface area contributed by atoms with Crippen molar-refractivity contribution < 1.29 is 38.2 Å². The van der Waals surface area contributed by atoms with E-state index in [1.165, 1.54) is 19.3 Å². The Morgan fingerprint density at radius 1 is 0.738 bits per heavy atom. The van der Waals surface area contributed by atoms with Gasteiger partial charge in [-0.1, -0.05) is 82.4 Å². The second-order valence-corrected chi connectivity index (χ2v) is 11.7. The molecule has 0 N–H and O–H groups in total. The molecule has 0 fully saturated rings. The zero-order valence-corrected chi connectivity index (χ0v) is 27.2. The Hall–Kier alpha value is -2.45. The zero-order valence-electron chi connectivity index (χ0n) is 27.2. The van der Waals surface area contributed by atoms with Crippen molar-refractivity contribution in [3.05, 3.63) is 36.5 Å². The van der Waals surface area contributed by atoms with Gasteiger partial charge < -0.3 is 28.6 Å². The number of nitrogens with zero attached hydrogens (tertiary/aromatic N) is 1. The van der Waals surface area contributed by atoms with Crippen molar-refractivity contribution in [1.82, 2.24) is 0 Å². The Morgan fingerprint density at radius 2 is 1.33 bits per heavy atom. The lowest BCUT2D eigenvalue weighted by Crippen LogP contribution is -2.55. The quantitative estimate of drug-likeness (QED) is 0.0510. The fraction of sp³-hybridized carbons (Fsp3) is 0.735. The normalized spacial score (nSPS) is 13.6. The molecule has 0 amide bonds. The van der Waals surface area contributed by atoms with E-state index in [0.717, 1.165) is 51.4 Å². The van der Waals surface area contributed by atoms with Crippen LogP contribution in [0.3, 0.4) is 0 Å². The van der Waals surface area contributed by atoms with Gasteiger partial charge in [-0.2, -0.15) is 0 Å². The van der Waals surface area contributed by atoms with Gasteiger partial charge in [0.1, 0.15) is 12.6 Å². The van der Waals surface area contributed by atoms with E-state index in [9.17, 15) is 19.5 Å². The Balaban J connectivity index is 4.16. The molecule has 0 aliphatic rings. The van der Waals surface area contributed by atoms with Crippen LogP contribution < -0.4 is 5.11 Å². The molecule has 2 atom stereocenters. The molecule has 0 saturated heterocycles. The largest absolute Gasteiger partial charge is 0.544 e. The molecule has 8 heteroatoms. The van der Waals surface area contributed by atoms with Gasteiger partial charge in [0.05, 0.1) is 40.3 Å². The Bertz CT molecular complexity index is 798. The van der Waals surface area contributed by atoms with Gasteiger partial charge in [-0.25, -0.2) is 0 Å². The first kappa shape index (κ1) is 39.5. The number of allylic oxidation sites excluding steroid dienone is 6. The number of aliphatic carboxylic acids is 1. The lowest BCUT2D eigenvalue weighted by atomic mass is 10.1. The van der Waals surface area contributed by atoms with Crippen molar-refractivity contribution in [2.75, 3.05) is 41.0 Å². The number of carbonyl (C=O) groups excluding carboxylic acids is 3. The van der Waals surface area contributed by atoms with Gasteiger partial charge in [0.15, 0.2) is 6.10 Å². The first-order chi connectivity index (χ1) is 20.1. The van der Waals surface area contributed by atoms with E-state index < -0.39 is 18.1 Å². The molecular weight excluding hydrogens is 534 g/mol. The van der Waals surface area contributed by atoms with Crippen LogP contribution in [0.15, 0.2) is 36.5 Å². The van der Waals surface area contributed by atoms with Gasteiger partial charge >= 0.3 is 11.9 Å². The van der Waals surface area contributed by atoms with Crippen molar-refractivity contribution in [3.63, 3.8) is 0 Å². The van der Waals surface area contributed by atoms with Crippen molar-refractivity contribution in [1.29, 1.82) is 0 Å². The average Bonchev–Trinajstić information content (AvgIpc) is 2.92. The second-order valence-electron chi connectivity index (χ2n) is 11.7. The summed E-state index contributed by atoms with van der Waals surface area (Å²) >= 11 is 0. The number of rotatable bonds is 27. The minimum atomic E-state index is -1.13. The van der Waals surface area contributed by atoms with Gasteiger partial charge in [0, 0.05) is 19.3 Å². The zero-order chi connectivity index (χ0) is 31.5. The summed E-state index contributed by atoms with van der Waals surface area (Å²) in [4.78, 5) is 35.7. The number of esters is 2. The lowest BCUT2D eigenvalue weighted by Gasteiger charge is -2.34. The van der Waals surface area contributed by atoms with E-state index in [-0.39, 0.29) is 42.7 Å². The van der Waals surface area contributed by atoms with Crippen molar-refractivity contribution in [3.8, 4) is 0 Å². The van der Waals surface area contributed by atoms with Crippen LogP contribution in [-0.4, -0.2) is 75.5 Å². The predicted octanol–water partition coefficient (Wildman–Crippen LogP) is 5.84. The molecule has 8 nitrogen and oxygen atoms in total. The number of quaternary nitrogens is 1. The number of hydrogen-bond acceptors (Lipinski definition) is 7. The summed E-state index contributed by atoms with van der Waals surface area (Å²) in [6, 6.07) is -0.721. The monoisotopic (exact) mass is 593 g/mol. The molecule has 0 rings (SSSR count). The van der Waals surface area contributed by atoms with E-state index in [1.807, 2.05) is 6.92 Å². The van der Waals surface area contributed by atoms with Gasteiger partial charge in [0.25, 0.3) is 0 Å². The SMILES string of the molecule is CC/C=C\C/C=C\C/C=C\CCCCCCCCCC(=O)OC(COCCC(C(=O)[O-])[N+](C)(C)C)COC(=O)CCC. The minimum Gasteiger partial charge on any atom is -0.544 e. The summed E-state index contributed by atoms with van der Waals surface area (Å²) in [7, 11) is 5.35. The fourth-order valence-electron chi connectivity index (χ4n) is 4.30. The Morgan fingerprint density at radius 3 is 1.93 bits per heavy atom.